The quantitative estimate of drug-likeness (QED) is 0.460. The van der Waals surface area contributed by atoms with Crippen molar-refractivity contribution in [2.45, 2.75) is 18.6 Å². The van der Waals surface area contributed by atoms with Crippen LogP contribution in [0.1, 0.15) is 11.4 Å². The van der Waals surface area contributed by atoms with Crippen molar-refractivity contribution >= 4 is 28.5 Å². The number of amides is 2. The van der Waals surface area contributed by atoms with Crippen LogP contribution in [0.25, 0.3) is 16.7 Å². The molecule has 5 rings (SSSR count). The van der Waals surface area contributed by atoms with Crippen LogP contribution in [0.2, 0.25) is 0 Å². The second-order valence-electron chi connectivity index (χ2n) is 7.61. The van der Waals surface area contributed by atoms with E-state index in [1.165, 1.54) is 0 Å². The van der Waals surface area contributed by atoms with E-state index in [0.29, 0.717) is 11.4 Å². The molecule has 1 saturated heterocycles. The Morgan fingerprint density at radius 2 is 1.97 bits per heavy atom. The third-order valence-electron chi connectivity index (χ3n) is 5.74. The van der Waals surface area contributed by atoms with E-state index in [1.54, 1.807) is 18.3 Å². The van der Waals surface area contributed by atoms with Crippen molar-refractivity contribution in [1.29, 1.82) is 0 Å². The van der Waals surface area contributed by atoms with E-state index in [9.17, 15) is 9.59 Å². The molecule has 1 aromatic heterocycles. The maximum absolute atomic E-state index is 12.9. The molecule has 2 amide bonds. The van der Waals surface area contributed by atoms with Crippen LogP contribution in [0, 0.1) is 0 Å². The predicted molar refractivity (Wildman–Crippen MR) is 117 cm³/mol. The summed E-state index contributed by atoms with van der Waals surface area (Å²) in [7, 11) is 3.49. The second kappa shape index (κ2) is 7.98. The molecule has 2 aliphatic heterocycles. The fourth-order valence-corrected chi connectivity index (χ4v) is 4.06. The number of methoxy groups -OCH3 is 1. The summed E-state index contributed by atoms with van der Waals surface area (Å²) >= 11 is 0. The van der Waals surface area contributed by atoms with Gasteiger partial charge in [0.25, 0.3) is 5.91 Å². The number of rotatable bonds is 5. The molecule has 164 valence electrons. The van der Waals surface area contributed by atoms with Gasteiger partial charge in [0.2, 0.25) is 5.91 Å². The van der Waals surface area contributed by atoms with Crippen LogP contribution in [0.15, 0.2) is 54.7 Å². The van der Waals surface area contributed by atoms with Gasteiger partial charge in [-0.05, 0) is 24.3 Å². The Kier molecular flexibility index (Phi) is 5.00. The molecule has 1 fully saturated rings. The predicted octanol–water partition coefficient (Wildman–Crippen LogP) is 0.389. The molecule has 3 heterocycles. The molecule has 32 heavy (non-hydrogen) atoms. The molecule has 0 bridgehead atoms. The Morgan fingerprint density at radius 3 is 2.78 bits per heavy atom. The first-order valence-electron chi connectivity index (χ1n) is 10.2. The van der Waals surface area contributed by atoms with Gasteiger partial charge in [-0.15, -0.1) is 0 Å². The lowest BCUT2D eigenvalue weighted by atomic mass is 10.0. The van der Waals surface area contributed by atoms with Crippen molar-refractivity contribution in [3.05, 3.63) is 66.1 Å². The summed E-state index contributed by atoms with van der Waals surface area (Å²) in [5.41, 5.74) is 9.01. The number of para-hydroxylation sites is 3. The number of ether oxygens (including phenoxy) is 1. The molecule has 10 heteroatoms. The summed E-state index contributed by atoms with van der Waals surface area (Å²) in [5.74, 6) is 0.769. The Hall–Kier alpha value is -3.89. The molecule has 0 aliphatic carbocycles. The number of aryl methyl sites for hydroxylation is 1. The van der Waals surface area contributed by atoms with Gasteiger partial charge < -0.3 is 19.9 Å². The van der Waals surface area contributed by atoms with E-state index < -0.39 is 12.1 Å². The van der Waals surface area contributed by atoms with E-state index in [-0.39, 0.29) is 18.4 Å². The van der Waals surface area contributed by atoms with Gasteiger partial charge in [-0.3, -0.25) is 14.6 Å². The van der Waals surface area contributed by atoms with Gasteiger partial charge in [0.15, 0.2) is 6.04 Å². The molecule has 0 saturated carbocycles. The van der Waals surface area contributed by atoms with Crippen molar-refractivity contribution in [1.82, 2.24) is 36.2 Å². The molecule has 0 radical (unpaired) electrons. The van der Waals surface area contributed by atoms with Gasteiger partial charge in [-0.1, -0.05) is 24.3 Å². The number of carbonyl (C=O) groups excluding carboxylic acids is 2. The average Bonchev–Trinajstić information content (AvgIpc) is 3.39. The number of hydrazine groups is 2. The topological polar surface area (TPSA) is 113 Å². The highest BCUT2D eigenvalue weighted by molar-refractivity contribution is 5.98. The monoisotopic (exact) mass is 433 g/mol. The van der Waals surface area contributed by atoms with Crippen molar-refractivity contribution in [3.63, 3.8) is 0 Å². The first kappa shape index (κ1) is 20.0. The normalized spacial score (nSPS) is 20.0. The van der Waals surface area contributed by atoms with Gasteiger partial charge >= 0.3 is 0 Å². The molecule has 4 N–H and O–H groups in total. The first-order chi connectivity index (χ1) is 15.6. The van der Waals surface area contributed by atoms with Gasteiger partial charge in [-0.25, -0.2) is 10.4 Å². The standard InChI is InChI=1S/C22H23N7O3/c1-28-16-9-5-4-8-14(16)24-18(28)11-23-21(30)19-20-22(31)25-15(12-29(20)27-26-19)13-7-3-6-10-17(13)32-2/h3-10,12,19-20,26-27H,11H2,1-2H3,(H,23,30)(H,25,31). The SMILES string of the molecule is COc1ccccc1C1=CN2NNC(C(=O)NCc3nc4ccccc4n3C)C2C(=O)N1. The van der Waals surface area contributed by atoms with Crippen LogP contribution in [-0.2, 0) is 23.2 Å². The molecule has 2 unspecified atom stereocenters. The van der Waals surface area contributed by atoms with E-state index in [2.05, 4.69) is 26.6 Å². The molecule has 3 aromatic rings. The summed E-state index contributed by atoms with van der Waals surface area (Å²) in [4.78, 5) is 30.4. The number of carbonyl (C=O) groups is 2. The van der Waals surface area contributed by atoms with Gasteiger partial charge in [0.05, 0.1) is 30.4 Å². The first-order valence-corrected chi connectivity index (χ1v) is 10.2. The Balaban J connectivity index is 1.31. The summed E-state index contributed by atoms with van der Waals surface area (Å²) in [6.07, 6.45) is 1.75. The summed E-state index contributed by atoms with van der Waals surface area (Å²) < 4.78 is 7.33. The van der Waals surface area contributed by atoms with E-state index >= 15 is 0 Å². The lowest BCUT2D eigenvalue weighted by molar-refractivity contribution is -0.130. The minimum absolute atomic E-state index is 0.249. The molecule has 0 spiro atoms. The van der Waals surface area contributed by atoms with E-state index in [0.717, 1.165) is 22.4 Å². The molecule has 10 nitrogen and oxygen atoms in total. The molecule has 2 atom stereocenters. The van der Waals surface area contributed by atoms with Gasteiger partial charge in [0.1, 0.15) is 17.6 Å². The minimum atomic E-state index is -0.778. The molecular weight excluding hydrogens is 410 g/mol. The number of imidazole rings is 1. The average molecular weight is 433 g/mol. The maximum atomic E-state index is 12.9. The van der Waals surface area contributed by atoms with Crippen LogP contribution in [0.5, 0.6) is 5.75 Å². The molecule has 2 aromatic carbocycles. The summed E-state index contributed by atoms with van der Waals surface area (Å²) in [5, 5.41) is 7.37. The van der Waals surface area contributed by atoms with Crippen LogP contribution < -0.4 is 26.3 Å². The highest BCUT2D eigenvalue weighted by atomic mass is 16.5. The van der Waals surface area contributed by atoms with Crippen LogP contribution in [-0.4, -0.2) is 45.6 Å². The number of nitrogens with one attached hydrogen (secondary N) is 4. The zero-order valence-corrected chi connectivity index (χ0v) is 17.6. The highest BCUT2D eigenvalue weighted by Gasteiger charge is 2.45. The zero-order chi connectivity index (χ0) is 22.2. The van der Waals surface area contributed by atoms with E-state index in [4.69, 9.17) is 4.74 Å². The fraction of sp³-hybridized carbons (Fsp3) is 0.227. The van der Waals surface area contributed by atoms with Crippen LogP contribution in [0.4, 0.5) is 0 Å². The number of benzene rings is 2. The third-order valence-corrected chi connectivity index (χ3v) is 5.74. The van der Waals surface area contributed by atoms with Crippen molar-refractivity contribution < 1.29 is 14.3 Å². The molecular formula is C22H23N7O3. The highest BCUT2D eigenvalue weighted by Crippen LogP contribution is 2.28. The lowest BCUT2D eigenvalue weighted by Crippen LogP contribution is -2.55. The van der Waals surface area contributed by atoms with E-state index in [1.807, 2.05) is 60.1 Å². The zero-order valence-electron chi connectivity index (χ0n) is 17.6. The van der Waals surface area contributed by atoms with Crippen molar-refractivity contribution in [2.24, 2.45) is 7.05 Å². The Bertz CT molecular complexity index is 1240. The van der Waals surface area contributed by atoms with Crippen LogP contribution in [0.3, 0.4) is 0 Å². The largest absolute Gasteiger partial charge is 0.496 e. The van der Waals surface area contributed by atoms with Crippen molar-refractivity contribution in [2.75, 3.05) is 7.11 Å². The number of aromatic nitrogens is 2. The Labute approximate surface area is 184 Å². The second-order valence-corrected chi connectivity index (χ2v) is 7.61. The summed E-state index contributed by atoms with van der Waals surface area (Å²) in [6.45, 7) is 0.249. The number of hydrogen-bond acceptors (Lipinski definition) is 7. The van der Waals surface area contributed by atoms with Crippen LogP contribution >= 0.6 is 0 Å². The number of fused-ring (bicyclic) bond motifs is 2. The fourth-order valence-electron chi connectivity index (χ4n) is 4.06. The molecule has 2 aliphatic rings. The lowest BCUT2D eigenvalue weighted by Gasteiger charge is -2.29. The van der Waals surface area contributed by atoms with Gasteiger partial charge in [-0.2, -0.15) is 5.53 Å². The third kappa shape index (κ3) is 3.35. The number of nitrogens with zero attached hydrogens (tertiary/aromatic N) is 3. The smallest absolute Gasteiger partial charge is 0.251 e. The number of hydrogen-bond donors (Lipinski definition) is 4. The summed E-state index contributed by atoms with van der Waals surface area (Å²) in [6, 6.07) is 13.7. The van der Waals surface area contributed by atoms with Gasteiger partial charge in [0, 0.05) is 18.8 Å². The Morgan fingerprint density at radius 1 is 1.19 bits per heavy atom. The minimum Gasteiger partial charge on any atom is -0.496 e. The van der Waals surface area contributed by atoms with Crippen molar-refractivity contribution in [3.8, 4) is 5.75 Å². The maximum Gasteiger partial charge on any atom is 0.251 e.